The van der Waals surface area contributed by atoms with Gasteiger partial charge in [-0.1, -0.05) is 42.0 Å². The molecule has 0 radical (unpaired) electrons. The van der Waals surface area contributed by atoms with E-state index in [0.717, 1.165) is 39.8 Å². The van der Waals surface area contributed by atoms with Gasteiger partial charge >= 0.3 is 0 Å². The van der Waals surface area contributed by atoms with Crippen molar-refractivity contribution in [2.45, 2.75) is 24.2 Å². The number of hydrogen-bond acceptors (Lipinski definition) is 6. The summed E-state index contributed by atoms with van der Waals surface area (Å²) in [5.41, 5.74) is 1.11. The lowest BCUT2D eigenvalue weighted by molar-refractivity contribution is 0.384. The highest BCUT2D eigenvalue weighted by Crippen LogP contribution is 2.23. The second-order valence-corrected chi connectivity index (χ2v) is 11.1. The summed E-state index contributed by atoms with van der Waals surface area (Å²) >= 11 is 7.31. The smallest absolute Gasteiger partial charge is 0.243 e. The summed E-state index contributed by atoms with van der Waals surface area (Å²) in [5.74, 6) is 0.768. The van der Waals surface area contributed by atoms with Crippen LogP contribution in [0.4, 0.5) is 5.13 Å². The van der Waals surface area contributed by atoms with Crippen LogP contribution in [0.25, 0.3) is 12.2 Å². The molecule has 5 rings (SSSR count). The molecule has 6 nitrogen and oxygen atoms in total. The first kappa shape index (κ1) is 21.6. The van der Waals surface area contributed by atoms with Crippen LogP contribution in [-0.4, -0.2) is 48.3 Å². The van der Waals surface area contributed by atoms with Crippen LogP contribution in [0.15, 0.2) is 47.4 Å². The molecule has 2 heterocycles. The minimum Gasteiger partial charge on any atom is -0.344 e. The zero-order chi connectivity index (χ0) is 22.1. The Morgan fingerprint density at radius 2 is 1.66 bits per heavy atom. The van der Waals surface area contributed by atoms with Crippen molar-refractivity contribution < 1.29 is 8.42 Å². The second-order valence-electron chi connectivity index (χ2n) is 7.96. The lowest BCUT2D eigenvalue weighted by atomic mass is 10.1. The number of hydrogen-bond donors (Lipinski definition) is 0. The molecule has 0 unspecified atom stereocenters. The van der Waals surface area contributed by atoms with E-state index in [-0.39, 0.29) is 0 Å². The largest absolute Gasteiger partial charge is 0.344 e. The third kappa shape index (κ3) is 4.45. The van der Waals surface area contributed by atoms with Gasteiger partial charge in [-0.25, -0.2) is 13.4 Å². The fraction of sp³-hybridized carbons (Fsp3) is 0.304. The number of piperazine rings is 1. The van der Waals surface area contributed by atoms with Gasteiger partial charge in [0.15, 0.2) is 0 Å². The van der Waals surface area contributed by atoms with Crippen molar-refractivity contribution in [3.05, 3.63) is 69.3 Å². The molecule has 2 aromatic carbocycles. The Bertz CT molecular complexity index is 1350. The zero-order valence-electron chi connectivity index (χ0n) is 17.4. The summed E-state index contributed by atoms with van der Waals surface area (Å²) in [6, 6.07) is 13.1. The fourth-order valence-electron chi connectivity index (χ4n) is 4.05. The van der Waals surface area contributed by atoms with Crippen LogP contribution in [0, 0.1) is 0 Å². The highest BCUT2D eigenvalue weighted by Gasteiger charge is 2.29. The molecule has 3 aromatic rings. The normalized spacial score (nSPS) is 16.8. The molecule has 0 bridgehead atoms. The predicted octanol–water partition coefficient (Wildman–Crippen LogP) is 2.65. The summed E-state index contributed by atoms with van der Waals surface area (Å²) in [4.78, 5) is 7.16. The molecule has 1 saturated heterocycles. The van der Waals surface area contributed by atoms with Gasteiger partial charge in [0.05, 0.1) is 4.90 Å². The number of rotatable bonds is 5. The Hall–Kier alpha value is -2.26. The van der Waals surface area contributed by atoms with Crippen molar-refractivity contribution in [3.8, 4) is 0 Å². The Labute approximate surface area is 196 Å². The van der Waals surface area contributed by atoms with Gasteiger partial charge in [0.25, 0.3) is 0 Å². The molecule has 1 fully saturated rings. The van der Waals surface area contributed by atoms with E-state index >= 15 is 0 Å². The van der Waals surface area contributed by atoms with Crippen LogP contribution in [0.1, 0.15) is 24.2 Å². The Kier molecular flexibility index (Phi) is 6.03. The molecule has 0 saturated carbocycles. The van der Waals surface area contributed by atoms with E-state index in [4.69, 9.17) is 11.6 Å². The molecule has 1 aliphatic carbocycles. The Balaban J connectivity index is 1.25. The van der Waals surface area contributed by atoms with Gasteiger partial charge in [-0.3, -0.25) is 0 Å². The second kappa shape index (κ2) is 8.94. The average Bonchev–Trinajstić information content (AvgIpc) is 3.29. The number of nitrogens with zero attached hydrogens (tertiary/aromatic N) is 4. The van der Waals surface area contributed by atoms with Crippen LogP contribution in [-0.2, 0) is 16.4 Å². The van der Waals surface area contributed by atoms with Gasteiger partial charge in [0.1, 0.15) is 5.82 Å². The van der Waals surface area contributed by atoms with E-state index in [1.807, 2.05) is 30.3 Å². The summed E-state index contributed by atoms with van der Waals surface area (Å²) in [6.07, 6.45) is 6.89. The van der Waals surface area contributed by atoms with Crippen LogP contribution in [0.3, 0.4) is 0 Å². The van der Waals surface area contributed by atoms with E-state index < -0.39 is 10.0 Å². The molecule has 0 atom stereocenters. The van der Waals surface area contributed by atoms with Crippen LogP contribution in [0.2, 0.25) is 5.02 Å². The van der Waals surface area contributed by atoms with Crippen molar-refractivity contribution in [1.82, 2.24) is 13.7 Å². The number of anilines is 1. The van der Waals surface area contributed by atoms with Crippen LogP contribution >= 0.6 is 23.1 Å². The van der Waals surface area contributed by atoms with Gasteiger partial charge in [-0.2, -0.15) is 8.68 Å². The number of sulfonamides is 1. The first-order valence-corrected chi connectivity index (χ1v) is 13.2. The third-order valence-electron chi connectivity index (χ3n) is 5.83. The van der Waals surface area contributed by atoms with E-state index in [2.05, 4.69) is 26.4 Å². The monoisotopic (exact) mass is 486 g/mol. The quantitative estimate of drug-likeness (QED) is 0.554. The average molecular weight is 487 g/mol. The number of fused-ring (bicyclic) bond motifs is 1. The molecule has 0 N–H and O–H groups in total. The lowest BCUT2D eigenvalue weighted by Crippen LogP contribution is -2.48. The zero-order valence-corrected chi connectivity index (χ0v) is 19.8. The van der Waals surface area contributed by atoms with E-state index in [9.17, 15) is 8.42 Å². The summed E-state index contributed by atoms with van der Waals surface area (Å²) < 4.78 is 32.5. The third-order valence-corrected chi connectivity index (χ3v) is 8.79. The van der Waals surface area contributed by atoms with Crippen LogP contribution in [0.5, 0.6) is 0 Å². The minimum atomic E-state index is -3.51. The molecule has 2 aliphatic rings. The topological polar surface area (TPSA) is 66.4 Å². The maximum absolute atomic E-state index is 13.2. The summed E-state index contributed by atoms with van der Waals surface area (Å²) in [5, 5.41) is 3.68. The van der Waals surface area contributed by atoms with Gasteiger partial charge in [0, 0.05) is 49.2 Å². The molecule has 1 aromatic heterocycles. The highest BCUT2D eigenvalue weighted by molar-refractivity contribution is 7.89. The molecule has 0 amide bonds. The summed E-state index contributed by atoms with van der Waals surface area (Å²) in [6.45, 7) is 2.06. The minimum absolute atomic E-state index is 0.373. The lowest BCUT2D eigenvalue weighted by Gasteiger charge is -2.33. The standard InChI is InChI=1S/C23H23ClN4O2S2/c24-20-8-5-17(6-9-20)15-22-25-23(31-26-22)27-11-13-28(14-12-27)32(29,30)21-10-7-18-3-1-2-4-19(18)16-21/h3-10,16H,1-2,11-15H2. The fourth-order valence-corrected chi connectivity index (χ4v) is 6.37. The van der Waals surface area contributed by atoms with E-state index in [1.54, 1.807) is 16.4 Å². The molecular formula is C23H23ClN4O2S2. The number of halogens is 1. The maximum atomic E-state index is 13.2. The SMILES string of the molecule is O=S(=O)(c1ccc2c(c1)=CCCC=2)N1CCN(c2nc(Cc3ccc(Cl)cc3)ns2)CC1. The first-order chi connectivity index (χ1) is 15.5. The van der Waals surface area contributed by atoms with Crippen LogP contribution < -0.4 is 15.3 Å². The van der Waals surface area contributed by atoms with Gasteiger partial charge < -0.3 is 4.90 Å². The van der Waals surface area contributed by atoms with Gasteiger partial charge in [-0.15, -0.1) is 0 Å². The molecule has 166 valence electrons. The van der Waals surface area contributed by atoms with E-state index in [1.165, 1.54) is 11.5 Å². The molecule has 9 heteroatoms. The molecule has 32 heavy (non-hydrogen) atoms. The maximum Gasteiger partial charge on any atom is 0.243 e. The van der Waals surface area contributed by atoms with Crippen molar-refractivity contribution in [3.63, 3.8) is 0 Å². The van der Waals surface area contributed by atoms with Crippen molar-refractivity contribution in [2.75, 3.05) is 31.1 Å². The first-order valence-electron chi connectivity index (χ1n) is 10.6. The summed E-state index contributed by atoms with van der Waals surface area (Å²) in [7, 11) is -3.51. The van der Waals surface area contributed by atoms with Crippen molar-refractivity contribution in [1.29, 1.82) is 0 Å². The predicted molar refractivity (Wildman–Crippen MR) is 129 cm³/mol. The van der Waals surface area contributed by atoms with E-state index in [0.29, 0.717) is 42.5 Å². The Morgan fingerprint density at radius 1 is 0.938 bits per heavy atom. The van der Waals surface area contributed by atoms with Crippen molar-refractivity contribution in [2.24, 2.45) is 0 Å². The molecule has 0 spiro atoms. The van der Waals surface area contributed by atoms with Gasteiger partial charge in [0.2, 0.25) is 15.2 Å². The molecule has 1 aliphatic heterocycles. The van der Waals surface area contributed by atoms with Gasteiger partial charge in [-0.05, 0) is 53.1 Å². The number of aromatic nitrogens is 2. The number of benzene rings is 2. The highest BCUT2D eigenvalue weighted by atomic mass is 35.5. The molecular weight excluding hydrogens is 464 g/mol. The Morgan fingerprint density at radius 3 is 2.41 bits per heavy atom. The van der Waals surface area contributed by atoms with Crippen molar-refractivity contribution >= 4 is 50.4 Å².